The van der Waals surface area contributed by atoms with Gasteiger partial charge in [0.1, 0.15) is 11.3 Å². The predicted molar refractivity (Wildman–Crippen MR) is 82.4 cm³/mol. The third-order valence-corrected chi connectivity index (χ3v) is 3.49. The molecular formula is C18H14O3. The van der Waals surface area contributed by atoms with E-state index in [1.807, 2.05) is 48.5 Å². The Balaban J connectivity index is 2.21. The average Bonchev–Trinajstić information content (AvgIpc) is 2.54. The van der Waals surface area contributed by atoms with Gasteiger partial charge in [0, 0.05) is 0 Å². The second-order valence-electron chi connectivity index (χ2n) is 4.75. The molecule has 0 bridgehead atoms. The lowest BCUT2D eigenvalue weighted by Crippen LogP contribution is -2.02. The Kier molecular flexibility index (Phi) is 3.32. The van der Waals surface area contributed by atoms with Gasteiger partial charge in [-0.05, 0) is 34.0 Å². The standard InChI is InChI=1S/C18H14O3/c1-21-18(20)17-15-9-7-13(12-5-3-2-4-6-12)11-14(15)8-10-16(17)19/h2-11,19H,1H3. The van der Waals surface area contributed by atoms with Crippen LogP contribution in [0.25, 0.3) is 21.9 Å². The van der Waals surface area contributed by atoms with Crippen molar-refractivity contribution in [1.82, 2.24) is 0 Å². The zero-order chi connectivity index (χ0) is 14.8. The molecule has 104 valence electrons. The molecule has 21 heavy (non-hydrogen) atoms. The number of carbonyl (C=O) groups excluding carboxylic acids is 1. The molecule has 0 heterocycles. The number of ether oxygens (including phenoxy) is 1. The number of methoxy groups -OCH3 is 1. The van der Waals surface area contributed by atoms with E-state index in [9.17, 15) is 9.90 Å². The zero-order valence-corrected chi connectivity index (χ0v) is 11.5. The predicted octanol–water partition coefficient (Wildman–Crippen LogP) is 4.00. The molecule has 0 aliphatic carbocycles. The van der Waals surface area contributed by atoms with E-state index >= 15 is 0 Å². The summed E-state index contributed by atoms with van der Waals surface area (Å²) in [6.45, 7) is 0. The van der Waals surface area contributed by atoms with Gasteiger partial charge >= 0.3 is 5.97 Å². The fourth-order valence-electron chi connectivity index (χ4n) is 2.45. The maximum absolute atomic E-state index is 11.8. The van der Waals surface area contributed by atoms with Crippen molar-refractivity contribution in [2.45, 2.75) is 0 Å². The molecule has 3 heteroatoms. The number of benzene rings is 3. The van der Waals surface area contributed by atoms with Crippen LogP contribution in [0.15, 0.2) is 60.7 Å². The first-order valence-corrected chi connectivity index (χ1v) is 6.60. The second kappa shape index (κ2) is 5.29. The van der Waals surface area contributed by atoms with Crippen LogP contribution < -0.4 is 0 Å². The lowest BCUT2D eigenvalue weighted by atomic mass is 9.98. The van der Waals surface area contributed by atoms with Gasteiger partial charge in [-0.25, -0.2) is 4.79 Å². The normalized spacial score (nSPS) is 10.5. The van der Waals surface area contributed by atoms with Crippen LogP contribution in [0, 0.1) is 0 Å². The van der Waals surface area contributed by atoms with Crippen LogP contribution >= 0.6 is 0 Å². The number of rotatable bonds is 2. The molecule has 3 aromatic rings. The van der Waals surface area contributed by atoms with Crippen LogP contribution in [0.4, 0.5) is 0 Å². The van der Waals surface area contributed by atoms with E-state index in [1.54, 1.807) is 6.07 Å². The summed E-state index contributed by atoms with van der Waals surface area (Å²) < 4.78 is 4.74. The molecular weight excluding hydrogens is 264 g/mol. The quantitative estimate of drug-likeness (QED) is 0.721. The van der Waals surface area contributed by atoms with Crippen molar-refractivity contribution < 1.29 is 14.6 Å². The summed E-state index contributed by atoms with van der Waals surface area (Å²) in [5.41, 5.74) is 2.37. The van der Waals surface area contributed by atoms with Crippen LogP contribution in [0.3, 0.4) is 0 Å². The van der Waals surface area contributed by atoms with Crippen molar-refractivity contribution in [2.75, 3.05) is 7.11 Å². The van der Waals surface area contributed by atoms with Crippen molar-refractivity contribution in [3.8, 4) is 16.9 Å². The molecule has 3 aromatic carbocycles. The molecule has 0 unspecified atom stereocenters. The highest BCUT2D eigenvalue weighted by Crippen LogP contribution is 2.31. The topological polar surface area (TPSA) is 46.5 Å². The van der Waals surface area contributed by atoms with Gasteiger partial charge in [0.05, 0.1) is 7.11 Å². The smallest absolute Gasteiger partial charge is 0.342 e. The maximum atomic E-state index is 11.8. The summed E-state index contributed by atoms with van der Waals surface area (Å²) in [5.74, 6) is -0.604. The summed E-state index contributed by atoms with van der Waals surface area (Å²) in [6, 6.07) is 19.1. The monoisotopic (exact) mass is 278 g/mol. The third kappa shape index (κ3) is 2.34. The minimum atomic E-state index is -0.537. The Bertz CT molecular complexity index is 807. The number of fused-ring (bicyclic) bond motifs is 1. The molecule has 1 N–H and O–H groups in total. The summed E-state index contributed by atoms with van der Waals surface area (Å²) in [5, 5.41) is 11.5. The minimum Gasteiger partial charge on any atom is -0.507 e. The number of phenols is 1. The lowest BCUT2D eigenvalue weighted by molar-refractivity contribution is 0.0600. The molecule has 0 spiro atoms. The molecule has 3 rings (SSSR count). The fraction of sp³-hybridized carbons (Fsp3) is 0.0556. The van der Waals surface area contributed by atoms with E-state index in [0.717, 1.165) is 16.5 Å². The Labute approximate surface area is 122 Å². The van der Waals surface area contributed by atoms with Crippen LogP contribution in [-0.2, 0) is 4.74 Å². The lowest BCUT2D eigenvalue weighted by Gasteiger charge is -2.09. The largest absolute Gasteiger partial charge is 0.507 e. The Hall–Kier alpha value is -2.81. The molecule has 0 aromatic heterocycles. The maximum Gasteiger partial charge on any atom is 0.342 e. The van der Waals surface area contributed by atoms with E-state index in [0.29, 0.717) is 5.39 Å². The first kappa shape index (κ1) is 13.2. The van der Waals surface area contributed by atoms with E-state index in [2.05, 4.69) is 0 Å². The van der Waals surface area contributed by atoms with Crippen LogP contribution in [0.1, 0.15) is 10.4 Å². The van der Waals surface area contributed by atoms with Gasteiger partial charge < -0.3 is 9.84 Å². The van der Waals surface area contributed by atoms with Crippen LogP contribution in [0.5, 0.6) is 5.75 Å². The molecule has 0 aliphatic heterocycles. The molecule has 0 fully saturated rings. The van der Waals surface area contributed by atoms with E-state index in [4.69, 9.17) is 4.74 Å². The first-order chi connectivity index (χ1) is 10.2. The van der Waals surface area contributed by atoms with E-state index in [1.165, 1.54) is 13.2 Å². The van der Waals surface area contributed by atoms with Gasteiger partial charge in [-0.2, -0.15) is 0 Å². The summed E-state index contributed by atoms with van der Waals surface area (Å²) >= 11 is 0. The molecule has 0 saturated heterocycles. The van der Waals surface area contributed by atoms with E-state index in [-0.39, 0.29) is 11.3 Å². The third-order valence-electron chi connectivity index (χ3n) is 3.49. The first-order valence-electron chi connectivity index (χ1n) is 6.60. The van der Waals surface area contributed by atoms with Crippen molar-refractivity contribution in [3.05, 3.63) is 66.2 Å². The van der Waals surface area contributed by atoms with E-state index < -0.39 is 5.97 Å². The molecule has 0 radical (unpaired) electrons. The number of hydrogen-bond donors (Lipinski definition) is 1. The number of aromatic hydroxyl groups is 1. The Morgan fingerprint density at radius 1 is 0.952 bits per heavy atom. The number of carbonyl (C=O) groups is 1. The highest BCUT2D eigenvalue weighted by Gasteiger charge is 2.15. The number of phenolic OH excluding ortho intramolecular Hbond substituents is 1. The van der Waals surface area contributed by atoms with Gasteiger partial charge in [0.2, 0.25) is 0 Å². The molecule has 0 aliphatic rings. The number of hydrogen-bond acceptors (Lipinski definition) is 3. The van der Waals surface area contributed by atoms with Gasteiger partial charge in [0.15, 0.2) is 0 Å². The summed E-state index contributed by atoms with van der Waals surface area (Å²) in [6.07, 6.45) is 0. The second-order valence-corrected chi connectivity index (χ2v) is 4.75. The molecule has 0 saturated carbocycles. The van der Waals surface area contributed by atoms with Crippen molar-refractivity contribution in [3.63, 3.8) is 0 Å². The summed E-state index contributed by atoms with van der Waals surface area (Å²) in [7, 11) is 1.30. The fourth-order valence-corrected chi connectivity index (χ4v) is 2.45. The Morgan fingerprint density at radius 3 is 2.43 bits per heavy atom. The van der Waals surface area contributed by atoms with Gasteiger partial charge in [-0.15, -0.1) is 0 Å². The molecule has 0 amide bonds. The van der Waals surface area contributed by atoms with Crippen LogP contribution in [0.2, 0.25) is 0 Å². The number of esters is 1. The highest BCUT2D eigenvalue weighted by molar-refractivity contribution is 6.07. The van der Waals surface area contributed by atoms with Gasteiger partial charge in [-0.1, -0.05) is 48.5 Å². The highest BCUT2D eigenvalue weighted by atomic mass is 16.5. The van der Waals surface area contributed by atoms with Crippen molar-refractivity contribution in [2.24, 2.45) is 0 Å². The summed E-state index contributed by atoms with van der Waals surface area (Å²) in [4.78, 5) is 11.8. The van der Waals surface area contributed by atoms with Gasteiger partial charge in [-0.3, -0.25) is 0 Å². The zero-order valence-electron chi connectivity index (χ0n) is 11.5. The van der Waals surface area contributed by atoms with Gasteiger partial charge in [0.25, 0.3) is 0 Å². The SMILES string of the molecule is COC(=O)c1c(O)ccc2cc(-c3ccccc3)ccc12. The molecule has 3 nitrogen and oxygen atoms in total. The van der Waals surface area contributed by atoms with Crippen molar-refractivity contribution in [1.29, 1.82) is 0 Å². The minimum absolute atomic E-state index is 0.0678. The average molecular weight is 278 g/mol. The van der Waals surface area contributed by atoms with Crippen molar-refractivity contribution >= 4 is 16.7 Å². The molecule has 0 atom stereocenters. The van der Waals surface area contributed by atoms with Crippen LogP contribution in [-0.4, -0.2) is 18.2 Å². The Morgan fingerprint density at radius 2 is 1.71 bits per heavy atom.